The average molecular weight is 271 g/mol. The zero-order chi connectivity index (χ0) is 13.0. The Morgan fingerprint density at radius 1 is 1.28 bits per heavy atom. The van der Waals surface area contributed by atoms with Gasteiger partial charge in [0.1, 0.15) is 12.4 Å². The summed E-state index contributed by atoms with van der Waals surface area (Å²) >= 11 is 0. The topological polar surface area (TPSA) is 93.4 Å². The van der Waals surface area contributed by atoms with E-state index in [0.29, 0.717) is 11.4 Å². The second-order valence-electron chi connectivity index (χ2n) is 4.21. The van der Waals surface area contributed by atoms with Crippen LogP contribution in [0.5, 0.6) is 5.75 Å². The Bertz CT molecular complexity index is 483. The van der Waals surface area contributed by atoms with Gasteiger partial charge in [0.15, 0.2) is 0 Å². The first-order valence-corrected chi connectivity index (χ1v) is 7.29. The van der Waals surface area contributed by atoms with E-state index >= 15 is 0 Å². The Kier molecular flexibility index (Phi) is 4.05. The van der Waals surface area contributed by atoms with E-state index in [0.717, 1.165) is 12.8 Å². The van der Waals surface area contributed by atoms with E-state index in [9.17, 15) is 8.42 Å². The van der Waals surface area contributed by atoms with Crippen molar-refractivity contribution in [3.05, 3.63) is 24.3 Å². The molecule has 7 heteroatoms. The van der Waals surface area contributed by atoms with E-state index in [2.05, 4.69) is 9.44 Å². The molecule has 1 fully saturated rings. The minimum atomic E-state index is -3.38. The van der Waals surface area contributed by atoms with Crippen LogP contribution in [-0.2, 0) is 10.2 Å². The van der Waals surface area contributed by atoms with Crippen LogP contribution < -0.4 is 19.9 Å². The fourth-order valence-corrected chi connectivity index (χ4v) is 2.48. The van der Waals surface area contributed by atoms with Crippen LogP contribution in [0.3, 0.4) is 0 Å². The molecule has 100 valence electrons. The molecule has 18 heavy (non-hydrogen) atoms. The van der Waals surface area contributed by atoms with E-state index in [1.54, 1.807) is 24.3 Å². The summed E-state index contributed by atoms with van der Waals surface area (Å²) in [6.07, 6.45) is 1.84. The Labute approximate surface area is 107 Å². The van der Waals surface area contributed by atoms with Crippen LogP contribution in [0.25, 0.3) is 0 Å². The molecule has 0 aliphatic heterocycles. The van der Waals surface area contributed by atoms with Crippen molar-refractivity contribution in [1.29, 1.82) is 0 Å². The van der Waals surface area contributed by atoms with Gasteiger partial charge >= 0.3 is 0 Å². The van der Waals surface area contributed by atoms with Crippen molar-refractivity contribution in [3.63, 3.8) is 0 Å². The minimum Gasteiger partial charge on any atom is -0.492 e. The average Bonchev–Trinajstić information content (AvgIpc) is 3.10. The van der Waals surface area contributed by atoms with Crippen LogP contribution >= 0.6 is 0 Å². The molecule has 1 aliphatic carbocycles. The van der Waals surface area contributed by atoms with Gasteiger partial charge in [0, 0.05) is 18.3 Å². The Hall–Kier alpha value is -1.31. The van der Waals surface area contributed by atoms with Crippen molar-refractivity contribution in [2.45, 2.75) is 18.9 Å². The monoisotopic (exact) mass is 271 g/mol. The summed E-state index contributed by atoms with van der Waals surface area (Å²) in [5, 5.41) is 0. The number of hydrogen-bond donors (Lipinski definition) is 3. The highest BCUT2D eigenvalue weighted by molar-refractivity contribution is 7.87. The lowest BCUT2D eigenvalue weighted by molar-refractivity contribution is 0.322. The maximum absolute atomic E-state index is 11.4. The third-order valence-corrected chi connectivity index (χ3v) is 3.67. The predicted octanol–water partition coefficient (Wildman–Crippen LogP) is 0.234. The summed E-state index contributed by atoms with van der Waals surface area (Å²) in [4.78, 5) is 0. The fourth-order valence-electron chi connectivity index (χ4n) is 1.37. The number of nitrogens with two attached hydrogens (primary N) is 1. The number of benzene rings is 1. The van der Waals surface area contributed by atoms with Crippen LogP contribution in [0.4, 0.5) is 5.69 Å². The van der Waals surface area contributed by atoms with Gasteiger partial charge in [-0.25, -0.2) is 0 Å². The van der Waals surface area contributed by atoms with Gasteiger partial charge in [-0.05, 0) is 37.1 Å². The van der Waals surface area contributed by atoms with Gasteiger partial charge in [-0.15, -0.1) is 0 Å². The predicted molar refractivity (Wildman–Crippen MR) is 69.4 cm³/mol. The first-order valence-electron chi connectivity index (χ1n) is 5.80. The molecule has 0 aromatic heterocycles. The molecule has 1 saturated carbocycles. The fraction of sp³-hybridized carbons (Fsp3) is 0.455. The molecule has 0 bridgehead atoms. The zero-order valence-electron chi connectivity index (χ0n) is 9.93. The second-order valence-corrected chi connectivity index (χ2v) is 5.74. The van der Waals surface area contributed by atoms with E-state index < -0.39 is 10.2 Å². The van der Waals surface area contributed by atoms with Gasteiger partial charge in [-0.1, -0.05) is 0 Å². The third kappa shape index (κ3) is 4.52. The highest BCUT2D eigenvalue weighted by atomic mass is 32.2. The SMILES string of the molecule is Nc1ccc(OCCNS(=O)(=O)NC2CC2)cc1. The molecule has 6 nitrogen and oxygen atoms in total. The zero-order valence-corrected chi connectivity index (χ0v) is 10.7. The molecule has 4 N–H and O–H groups in total. The highest BCUT2D eigenvalue weighted by Gasteiger charge is 2.26. The third-order valence-electron chi connectivity index (χ3n) is 2.44. The number of nitrogen functional groups attached to an aromatic ring is 1. The summed E-state index contributed by atoms with van der Waals surface area (Å²) in [5.74, 6) is 0.665. The summed E-state index contributed by atoms with van der Waals surface area (Å²) in [5.41, 5.74) is 6.20. The number of ether oxygens (including phenoxy) is 1. The molecule has 0 atom stereocenters. The molecule has 0 heterocycles. The quantitative estimate of drug-likeness (QED) is 0.489. The number of anilines is 1. The van der Waals surface area contributed by atoms with Crippen molar-refractivity contribution in [2.24, 2.45) is 0 Å². The molecule has 1 aromatic rings. The molecule has 0 saturated heterocycles. The van der Waals surface area contributed by atoms with Crippen LogP contribution in [0.15, 0.2) is 24.3 Å². The largest absolute Gasteiger partial charge is 0.492 e. The Morgan fingerprint density at radius 3 is 2.56 bits per heavy atom. The van der Waals surface area contributed by atoms with E-state index in [1.165, 1.54) is 0 Å². The first-order chi connectivity index (χ1) is 8.55. The summed E-state index contributed by atoms with van der Waals surface area (Å²) in [6.45, 7) is 0.502. The molecule has 0 unspecified atom stereocenters. The standard InChI is InChI=1S/C11H17N3O3S/c12-9-1-5-11(6-2-9)17-8-7-13-18(15,16)14-10-3-4-10/h1-2,5-6,10,13-14H,3-4,7-8,12H2. The van der Waals surface area contributed by atoms with Gasteiger partial charge < -0.3 is 10.5 Å². The maximum Gasteiger partial charge on any atom is 0.277 e. The van der Waals surface area contributed by atoms with Crippen LogP contribution in [0.1, 0.15) is 12.8 Å². The number of hydrogen-bond acceptors (Lipinski definition) is 4. The first kappa shape index (κ1) is 13.1. The minimum absolute atomic E-state index is 0.112. The molecule has 1 aromatic carbocycles. The molecule has 1 aliphatic rings. The molecule has 0 amide bonds. The number of nitrogens with one attached hydrogen (secondary N) is 2. The normalized spacial score (nSPS) is 15.6. The smallest absolute Gasteiger partial charge is 0.277 e. The maximum atomic E-state index is 11.4. The number of rotatable bonds is 7. The van der Waals surface area contributed by atoms with E-state index in [4.69, 9.17) is 10.5 Å². The lowest BCUT2D eigenvalue weighted by Crippen LogP contribution is -2.39. The van der Waals surface area contributed by atoms with E-state index in [1.807, 2.05) is 0 Å². The second kappa shape index (κ2) is 5.55. The van der Waals surface area contributed by atoms with Crippen LogP contribution in [-0.4, -0.2) is 27.6 Å². The molecule has 0 spiro atoms. The molecular formula is C11H17N3O3S. The molecule has 0 radical (unpaired) electrons. The van der Waals surface area contributed by atoms with Crippen molar-refractivity contribution in [1.82, 2.24) is 9.44 Å². The highest BCUT2D eigenvalue weighted by Crippen LogP contribution is 2.19. The summed E-state index contributed by atoms with van der Waals surface area (Å²) in [6, 6.07) is 7.06. The lowest BCUT2D eigenvalue weighted by atomic mass is 10.3. The summed E-state index contributed by atoms with van der Waals surface area (Å²) in [7, 11) is -3.38. The Morgan fingerprint density at radius 2 is 1.94 bits per heavy atom. The summed E-state index contributed by atoms with van der Waals surface area (Å²) < 4.78 is 33.2. The van der Waals surface area contributed by atoms with Crippen molar-refractivity contribution < 1.29 is 13.2 Å². The van der Waals surface area contributed by atoms with Gasteiger partial charge in [0.05, 0.1) is 0 Å². The van der Waals surface area contributed by atoms with Crippen LogP contribution in [0.2, 0.25) is 0 Å². The van der Waals surface area contributed by atoms with Gasteiger partial charge in [0.25, 0.3) is 10.2 Å². The van der Waals surface area contributed by atoms with Crippen LogP contribution in [0, 0.1) is 0 Å². The van der Waals surface area contributed by atoms with Gasteiger partial charge in [0.2, 0.25) is 0 Å². The van der Waals surface area contributed by atoms with Gasteiger partial charge in [-0.3, -0.25) is 0 Å². The molecular weight excluding hydrogens is 254 g/mol. The van der Waals surface area contributed by atoms with Crippen molar-refractivity contribution in [2.75, 3.05) is 18.9 Å². The van der Waals surface area contributed by atoms with E-state index in [-0.39, 0.29) is 19.2 Å². The van der Waals surface area contributed by atoms with Crippen molar-refractivity contribution in [3.8, 4) is 5.75 Å². The Balaban J connectivity index is 1.67. The van der Waals surface area contributed by atoms with Gasteiger partial charge in [-0.2, -0.15) is 17.9 Å². The molecule has 2 rings (SSSR count). The van der Waals surface area contributed by atoms with Crippen molar-refractivity contribution >= 4 is 15.9 Å². The lowest BCUT2D eigenvalue weighted by Gasteiger charge is -2.09.